The highest BCUT2D eigenvalue weighted by Crippen LogP contribution is 2.29. The lowest BCUT2D eigenvalue weighted by molar-refractivity contribution is -0.122. The predicted octanol–water partition coefficient (Wildman–Crippen LogP) is 3.01. The topological polar surface area (TPSA) is 85.7 Å². The van der Waals surface area contributed by atoms with E-state index in [1.54, 1.807) is 15.6 Å². The molecule has 8 heteroatoms. The van der Waals surface area contributed by atoms with Crippen LogP contribution in [0.5, 0.6) is 5.75 Å². The molecular weight excluding hydrogens is 372 g/mol. The van der Waals surface area contributed by atoms with E-state index in [1.807, 2.05) is 51.2 Å². The van der Waals surface area contributed by atoms with Crippen molar-refractivity contribution in [3.63, 3.8) is 0 Å². The Kier molecular flexibility index (Phi) is 4.94. The van der Waals surface area contributed by atoms with Crippen molar-refractivity contribution in [2.45, 2.75) is 51.4 Å². The van der Waals surface area contributed by atoms with Gasteiger partial charge in [-0.25, -0.2) is 4.79 Å². The minimum absolute atomic E-state index is 0.0557. The third-order valence-electron chi connectivity index (χ3n) is 4.99. The summed E-state index contributed by atoms with van der Waals surface area (Å²) in [6, 6.07) is 9.48. The molecule has 1 saturated heterocycles. The van der Waals surface area contributed by atoms with Gasteiger partial charge in [0.2, 0.25) is 0 Å². The van der Waals surface area contributed by atoms with Crippen LogP contribution in [0.2, 0.25) is 0 Å². The van der Waals surface area contributed by atoms with Gasteiger partial charge in [-0.3, -0.25) is 9.48 Å². The van der Waals surface area contributed by atoms with Crippen LogP contribution in [0.3, 0.4) is 0 Å². The second-order valence-corrected chi connectivity index (χ2v) is 8.46. The highest BCUT2D eigenvalue weighted by Gasteiger charge is 2.32. The lowest BCUT2D eigenvalue weighted by atomic mass is 10.1. The number of carbonyl (C=O) groups is 2. The third-order valence-corrected chi connectivity index (χ3v) is 4.99. The van der Waals surface area contributed by atoms with Crippen LogP contribution in [-0.2, 0) is 16.0 Å². The Morgan fingerprint density at radius 2 is 2.03 bits per heavy atom. The van der Waals surface area contributed by atoms with Crippen LogP contribution in [0, 0.1) is 0 Å². The molecule has 0 aliphatic carbocycles. The van der Waals surface area contributed by atoms with Crippen molar-refractivity contribution in [2.24, 2.45) is 0 Å². The van der Waals surface area contributed by atoms with E-state index in [2.05, 4.69) is 10.4 Å². The van der Waals surface area contributed by atoms with Gasteiger partial charge in [-0.15, -0.1) is 0 Å². The summed E-state index contributed by atoms with van der Waals surface area (Å²) in [6.07, 6.45) is 2.31. The Balaban J connectivity index is 1.32. The molecule has 3 heterocycles. The minimum Gasteiger partial charge on any atom is -0.480 e. The summed E-state index contributed by atoms with van der Waals surface area (Å²) in [7, 11) is 0. The van der Waals surface area contributed by atoms with E-state index < -0.39 is 11.7 Å². The SMILES string of the molecule is CC(C)(C)OC(=O)N1CC[C@H](n2ccc(NC(=O)[C@H]3Cc4ccccc4O3)n2)C1. The monoisotopic (exact) mass is 398 g/mol. The predicted molar refractivity (Wildman–Crippen MR) is 107 cm³/mol. The van der Waals surface area contributed by atoms with Crippen molar-refractivity contribution in [1.29, 1.82) is 0 Å². The van der Waals surface area contributed by atoms with Gasteiger partial charge in [-0.05, 0) is 38.8 Å². The van der Waals surface area contributed by atoms with Crippen molar-refractivity contribution in [3.8, 4) is 5.75 Å². The van der Waals surface area contributed by atoms with E-state index in [-0.39, 0.29) is 18.0 Å². The molecule has 2 aliphatic heterocycles. The molecule has 0 spiro atoms. The van der Waals surface area contributed by atoms with E-state index >= 15 is 0 Å². The quantitative estimate of drug-likeness (QED) is 0.859. The molecule has 8 nitrogen and oxygen atoms in total. The van der Waals surface area contributed by atoms with Gasteiger partial charge in [0.1, 0.15) is 11.4 Å². The normalized spacial score (nSPS) is 20.9. The highest BCUT2D eigenvalue weighted by atomic mass is 16.6. The number of anilines is 1. The van der Waals surface area contributed by atoms with Gasteiger partial charge < -0.3 is 19.7 Å². The molecular formula is C21H26N4O4. The van der Waals surface area contributed by atoms with E-state index in [4.69, 9.17) is 9.47 Å². The van der Waals surface area contributed by atoms with E-state index in [0.717, 1.165) is 17.7 Å². The van der Waals surface area contributed by atoms with Crippen LogP contribution in [-0.4, -0.2) is 51.5 Å². The smallest absolute Gasteiger partial charge is 0.410 e. The first-order chi connectivity index (χ1) is 13.8. The minimum atomic E-state index is -0.549. The molecule has 2 aromatic rings. The van der Waals surface area contributed by atoms with Crippen LogP contribution in [0.1, 0.15) is 38.8 Å². The first-order valence-electron chi connectivity index (χ1n) is 9.87. The number of ether oxygens (including phenoxy) is 2. The first kappa shape index (κ1) is 19.3. The molecule has 4 rings (SSSR count). The molecule has 1 fully saturated rings. The molecule has 0 radical (unpaired) electrons. The third kappa shape index (κ3) is 4.36. The van der Waals surface area contributed by atoms with Crippen LogP contribution >= 0.6 is 0 Å². The van der Waals surface area contributed by atoms with Crippen molar-refractivity contribution in [1.82, 2.24) is 14.7 Å². The van der Waals surface area contributed by atoms with Crippen molar-refractivity contribution >= 4 is 17.8 Å². The maximum Gasteiger partial charge on any atom is 0.410 e. The Hall–Kier alpha value is -3.03. The molecule has 154 valence electrons. The van der Waals surface area contributed by atoms with E-state index in [9.17, 15) is 9.59 Å². The van der Waals surface area contributed by atoms with Gasteiger partial charge in [0.25, 0.3) is 5.91 Å². The van der Waals surface area contributed by atoms with Gasteiger partial charge in [-0.1, -0.05) is 18.2 Å². The number of aromatic nitrogens is 2. The molecule has 1 aromatic heterocycles. The fraction of sp³-hybridized carbons (Fsp3) is 0.476. The number of hydrogen-bond acceptors (Lipinski definition) is 5. The number of hydrogen-bond donors (Lipinski definition) is 1. The summed E-state index contributed by atoms with van der Waals surface area (Å²) in [5.74, 6) is 1.02. The van der Waals surface area contributed by atoms with E-state index in [1.165, 1.54) is 0 Å². The van der Waals surface area contributed by atoms with Gasteiger partial charge in [-0.2, -0.15) is 5.10 Å². The summed E-state index contributed by atoms with van der Waals surface area (Å²) in [4.78, 5) is 26.5. The summed E-state index contributed by atoms with van der Waals surface area (Å²) in [5, 5.41) is 7.30. The maximum atomic E-state index is 12.5. The molecule has 29 heavy (non-hydrogen) atoms. The zero-order valence-electron chi connectivity index (χ0n) is 16.9. The fourth-order valence-electron chi connectivity index (χ4n) is 3.59. The van der Waals surface area contributed by atoms with Gasteiger partial charge in [0.15, 0.2) is 11.9 Å². The average molecular weight is 398 g/mol. The number of benzene rings is 1. The Morgan fingerprint density at radius 1 is 1.24 bits per heavy atom. The van der Waals surface area contributed by atoms with Gasteiger partial charge in [0.05, 0.1) is 6.04 Å². The fourth-order valence-corrected chi connectivity index (χ4v) is 3.59. The second-order valence-electron chi connectivity index (χ2n) is 8.46. The first-order valence-corrected chi connectivity index (χ1v) is 9.87. The van der Waals surface area contributed by atoms with Crippen LogP contribution in [0.4, 0.5) is 10.6 Å². The number of para-hydroxylation sites is 1. The van der Waals surface area contributed by atoms with Crippen LogP contribution in [0.15, 0.2) is 36.5 Å². The summed E-state index contributed by atoms with van der Waals surface area (Å²) < 4.78 is 13.0. The van der Waals surface area contributed by atoms with Crippen molar-refractivity contribution in [3.05, 3.63) is 42.1 Å². The zero-order valence-corrected chi connectivity index (χ0v) is 16.9. The lowest BCUT2D eigenvalue weighted by Gasteiger charge is -2.24. The second kappa shape index (κ2) is 7.42. The number of carbonyl (C=O) groups excluding carboxylic acids is 2. The number of fused-ring (bicyclic) bond motifs is 1. The molecule has 0 unspecified atom stereocenters. The van der Waals surface area contributed by atoms with Crippen molar-refractivity contribution in [2.75, 3.05) is 18.4 Å². The molecule has 2 aliphatic rings. The maximum absolute atomic E-state index is 12.5. The molecule has 0 bridgehead atoms. The molecule has 2 atom stereocenters. The summed E-state index contributed by atoms with van der Waals surface area (Å²) in [6.45, 7) is 6.72. The molecule has 1 N–H and O–H groups in total. The van der Waals surface area contributed by atoms with Gasteiger partial charge >= 0.3 is 6.09 Å². The number of nitrogens with one attached hydrogen (secondary N) is 1. The molecule has 0 saturated carbocycles. The van der Waals surface area contributed by atoms with Crippen LogP contribution in [0.25, 0.3) is 0 Å². The Morgan fingerprint density at radius 3 is 2.79 bits per heavy atom. The largest absolute Gasteiger partial charge is 0.480 e. The number of amides is 2. The molecule has 1 aromatic carbocycles. The van der Waals surface area contributed by atoms with Crippen molar-refractivity contribution < 1.29 is 19.1 Å². The number of rotatable bonds is 3. The standard InChI is InChI=1S/C21H26N4O4/c1-21(2,3)29-20(27)24-10-8-15(13-24)25-11-9-18(23-25)22-19(26)17-12-14-6-4-5-7-16(14)28-17/h4-7,9,11,15,17H,8,10,12-13H2,1-3H3,(H,22,23,26)/t15-,17+/m0/s1. The highest BCUT2D eigenvalue weighted by molar-refractivity contribution is 5.94. The number of nitrogens with zero attached hydrogens (tertiary/aromatic N) is 3. The van der Waals surface area contributed by atoms with Gasteiger partial charge in [0, 0.05) is 31.8 Å². The summed E-state index contributed by atoms with van der Waals surface area (Å²) >= 11 is 0. The Bertz CT molecular complexity index is 892. The molecule has 2 amide bonds. The zero-order chi connectivity index (χ0) is 20.6. The Labute approximate surface area is 169 Å². The van der Waals surface area contributed by atoms with E-state index in [0.29, 0.717) is 25.3 Å². The summed E-state index contributed by atoms with van der Waals surface area (Å²) in [5.41, 5.74) is 0.520. The average Bonchev–Trinajstić information content (AvgIpc) is 3.38. The van der Waals surface area contributed by atoms with Crippen LogP contribution < -0.4 is 10.1 Å². The number of likely N-dealkylation sites (tertiary alicyclic amines) is 1. The lowest BCUT2D eigenvalue weighted by Crippen LogP contribution is -2.35.